The third-order valence-electron chi connectivity index (χ3n) is 7.30. The van der Waals surface area contributed by atoms with Crippen LogP contribution < -0.4 is 10.7 Å². The van der Waals surface area contributed by atoms with Crippen LogP contribution in [0.4, 0.5) is 26.3 Å². The fraction of sp³-hybridized carbons (Fsp3) is 0.594. The molecule has 1 saturated heterocycles. The van der Waals surface area contributed by atoms with Crippen LogP contribution in [0.25, 0.3) is 0 Å². The lowest BCUT2D eigenvalue weighted by molar-refractivity contribution is -0.166. The minimum atomic E-state index is -4.85. The summed E-state index contributed by atoms with van der Waals surface area (Å²) in [5, 5.41) is 25.2. The molecule has 0 bridgehead atoms. The minimum Gasteiger partial charge on any atom is -0.457 e. The highest BCUT2D eigenvalue weighted by Gasteiger charge is 2.45. The summed E-state index contributed by atoms with van der Waals surface area (Å²) >= 11 is 0. The van der Waals surface area contributed by atoms with Gasteiger partial charge in [0.25, 0.3) is 0 Å². The van der Waals surface area contributed by atoms with Gasteiger partial charge in [0.05, 0.1) is 5.92 Å². The number of nitrogens with zero attached hydrogens (tertiary/aromatic N) is 2. The fourth-order valence-corrected chi connectivity index (χ4v) is 5.03. The van der Waals surface area contributed by atoms with Crippen molar-refractivity contribution in [3.05, 3.63) is 71.0 Å². The van der Waals surface area contributed by atoms with E-state index in [1.54, 1.807) is 12.2 Å². The molecule has 3 aliphatic rings. The number of ether oxygens (including phenoxy) is 1. The number of hydrogen-bond donors (Lipinski definition) is 4. The zero-order valence-electron chi connectivity index (χ0n) is 26.8. The summed E-state index contributed by atoms with van der Waals surface area (Å²) in [6.07, 6.45) is 2.46. The van der Waals surface area contributed by atoms with Crippen molar-refractivity contribution < 1.29 is 41.3 Å². The Morgan fingerprint density at radius 3 is 2.49 bits per heavy atom. The van der Waals surface area contributed by atoms with Crippen LogP contribution in [0, 0.1) is 17.8 Å². The summed E-state index contributed by atoms with van der Waals surface area (Å²) in [5.74, 6) is -2.24. The quantitative estimate of drug-likeness (QED) is 0.147. The third kappa shape index (κ3) is 13.5. The van der Waals surface area contributed by atoms with E-state index in [1.807, 2.05) is 51.1 Å². The maximum Gasteiger partial charge on any atom is 0.412 e. The van der Waals surface area contributed by atoms with Gasteiger partial charge < -0.3 is 20.3 Å². The summed E-state index contributed by atoms with van der Waals surface area (Å²) in [5.41, 5.74) is 3.08. The molecule has 1 aliphatic carbocycles. The molecule has 13 heteroatoms. The van der Waals surface area contributed by atoms with Gasteiger partial charge in [-0.2, -0.15) is 26.3 Å². The van der Waals surface area contributed by atoms with Gasteiger partial charge in [-0.05, 0) is 61.4 Å². The zero-order chi connectivity index (χ0) is 34.2. The Morgan fingerprint density at radius 2 is 1.91 bits per heavy atom. The number of rotatable bonds is 11. The van der Waals surface area contributed by atoms with Crippen LogP contribution in [0.1, 0.15) is 53.4 Å². The molecule has 2 heterocycles. The van der Waals surface area contributed by atoms with E-state index < -0.39 is 42.4 Å². The first-order valence-electron chi connectivity index (χ1n) is 15.0. The number of likely N-dealkylation sites (tertiary alicyclic amines) is 1. The molecule has 3 rings (SSSR count). The summed E-state index contributed by atoms with van der Waals surface area (Å²) in [6, 6.07) is 0. The van der Waals surface area contributed by atoms with E-state index in [1.165, 1.54) is 18.6 Å². The second kappa shape index (κ2) is 19.5. The third-order valence-corrected chi connectivity index (χ3v) is 7.30. The number of nitrogens with one attached hydrogen (secondary N) is 2. The number of hydrogen-bond acceptors (Lipinski definition) is 7. The summed E-state index contributed by atoms with van der Waals surface area (Å²) in [7, 11) is 2.82. The van der Waals surface area contributed by atoms with Crippen LogP contribution in [-0.4, -0.2) is 73.6 Å². The van der Waals surface area contributed by atoms with Crippen molar-refractivity contribution >= 4 is 5.90 Å². The van der Waals surface area contributed by atoms with Crippen LogP contribution in [0.3, 0.4) is 0 Å². The van der Waals surface area contributed by atoms with Gasteiger partial charge in [-0.1, -0.05) is 62.8 Å². The van der Waals surface area contributed by atoms with Crippen LogP contribution >= 0.6 is 0 Å². The van der Waals surface area contributed by atoms with Gasteiger partial charge in [0.1, 0.15) is 6.23 Å². The largest absolute Gasteiger partial charge is 0.457 e. The topological polar surface area (TPSA) is 89.4 Å². The highest BCUT2D eigenvalue weighted by atomic mass is 19.4. The predicted octanol–water partition coefficient (Wildman–Crippen LogP) is 6.73. The molecule has 45 heavy (non-hydrogen) atoms. The fourth-order valence-electron chi connectivity index (χ4n) is 5.03. The van der Waals surface area contributed by atoms with E-state index in [-0.39, 0.29) is 18.7 Å². The Bertz CT molecular complexity index is 1120. The van der Waals surface area contributed by atoms with E-state index in [4.69, 9.17) is 9.84 Å². The Labute approximate surface area is 262 Å². The normalized spacial score (nSPS) is 22.8. The van der Waals surface area contributed by atoms with Gasteiger partial charge in [-0.15, -0.1) is 5.10 Å². The highest BCUT2D eigenvalue weighted by molar-refractivity contribution is 5.78. The van der Waals surface area contributed by atoms with E-state index in [2.05, 4.69) is 15.8 Å². The first-order chi connectivity index (χ1) is 21.3. The first kappa shape index (κ1) is 40.0. The number of halogens is 6. The molecule has 0 aromatic rings. The molecule has 4 atom stereocenters. The lowest BCUT2D eigenvalue weighted by atomic mass is 9.84. The molecule has 4 unspecified atom stereocenters. The van der Waals surface area contributed by atoms with Crippen LogP contribution in [0.2, 0.25) is 0 Å². The van der Waals surface area contributed by atoms with Crippen molar-refractivity contribution in [1.29, 1.82) is 0 Å². The molecule has 7 nitrogen and oxygen atoms in total. The van der Waals surface area contributed by atoms with Gasteiger partial charge in [-0.3, -0.25) is 10.3 Å². The standard InChI is InChI=1S/C29H38F6N4O2.C2H6.CH4O/c1-19(5-4-11-36-3)13-21-10-12-39(17-21)27(40)22(8-9-26-38-37-18-41-26)7-6-20(2)23-14-24(28(30,31)32)16-25(15-23)29(33,34)35;2*1-2/h4-8,11,14-15,20-21,24,27,36-37,40H,9-10,12-13,16-18H2,1-3H3;1-2H3;2H,1H3/b7-6-,11-4-,19-5+,22-8+;;. The number of aliphatic hydroxyl groups is 2. The number of allylic oxidation sites excluding steroid dienone is 8. The molecule has 0 saturated carbocycles. The van der Waals surface area contributed by atoms with Gasteiger partial charge in [0.2, 0.25) is 5.90 Å². The van der Waals surface area contributed by atoms with E-state index >= 15 is 0 Å². The van der Waals surface area contributed by atoms with Gasteiger partial charge in [0, 0.05) is 39.2 Å². The average molecular weight is 651 g/mol. The second-order valence-corrected chi connectivity index (χ2v) is 10.6. The predicted molar refractivity (Wildman–Crippen MR) is 166 cm³/mol. The average Bonchev–Trinajstić information content (AvgIpc) is 3.70. The Morgan fingerprint density at radius 1 is 1.22 bits per heavy atom. The lowest BCUT2D eigenvalue weighted by Crippen LogP contribution is -2.34. The number of aliphatic hydroxyl groups excluding tert-OH is 2. The van der Waals surface area contributed by atoms with Crippen LogP contribution in [-0.2, 0) is 4.74 Å². The van der Waals surface area contributed by atoms with Crippen molar-refractivity contribution in [2.75, 3.05) is 34.0 Å². The van der Waals surface area contributed by atoms with Crippen molar-refractivity contribution in [3.63, 3.8) is 0 Å². The molecule has 0 aromatic heterocycles. The van der Waals surface area contributed by atoms with Crippen molar-refractivity contribution in [1.82, 2.24) is 15.6 Å². The molecule has 0 amide bonds. The second-order valence-electron chi connectivity index (χ2n) is 10.6. The molecular formula is C32H48F6N4O3. The molecule has 0 radical (unpaired) electrons. The van der Waals surface area contributed by atoms with Crippen molar-refractivity contribution in [2.24, 2.45) is 22.9 Å². The lowest BCUT2D eigenvalue weighted by Gasteiger charge is -2.27. The molecule has 256 valence electrons. The smallest absolute Gasteiger partial charge is 0.412 e. The Balaban J connectivity index is 0.00000243. The highest BCUT2D eigenvalue weighted by Crippen LogP contribution is 2.43. The maximum atomic E-state index is 13.4. The molecule has 4 N–H and O–H groups in total. The monoisotopic (exact) mass is 650 g/mol. The Kier molecular flexibility index (Phi) is 17.3. The van der Waals surface area contributed by atoms with Crippen LogP contribution in [0.5, 0.6) is 0 Å². The summed E-state index contributed by atoms with van der Waals surface area (Å²) in [6.45, 7) is 9.08. The Hall–Kier alpha value is -3.03. The van der Waals surface area contributed by atoms with Gasteiger partial charge >= 0.3 is 12.4 Å². The SMILES string of the molecule is CC.CN/C=C\C=C(/C)CC1CCN(C(O)C(/C=C\C(C)C2=CC(C(F)(F)F)CC(C(F)(F)F)=C2)=C/CC2=NNCO2)C1.CO. The molecular weight excluding hydrogens is 602 g/mol. The summed E-state index contributed by atoms with van der Waals surface area (Å²) < 4.78 is 85.8. The number of hydrazone groups is 1. The molecule has 1 fully saturated rings. The minimum absolute atomic E-state index is 0.0699. The zero-order valence-corrected chi connectivity index (χ0v) is 26.8. The van der Waals surface area contributed by atoms with Crippen molar-refractivity contribution in [2.45, 2.75) is 72.0 Å². The number of alkyl halides is 6. The molecule has 0 aromatic carbocycles. The van der Waals surface area contributed by atoms with E-state index in [9.17, 15) is 31.4 Å². The van der Waals surface area contributed by atoms with Crippen molar-refractivity contribution in [3.8, 4) is 0 Å². The maximum absolute atomic E-state index is 13.4. The first-order valence-corrected chi connectivity index (χ1v) is 15.0. The van der Waals surface area contributed by atoms with E-state index in [0.29, 0.717) is 30.5 Å². The molecule has 2 aliphatic heterocycles. The van der Waals surface area contributed by atoms with Crippen LogP contribution in [0.15, 0.2) is 76.1 Å². The van der Waals surface area contributed by atoms with E-state index in [0.717, 1.165) is 32.1 Å². The molecule has 0 spiro atoms. The summed E-state index contributed by atoms with van der Waals surface area (Å²) in [4.78, 5) is 1.92. The van der Waals surface area contributed by atoms with Gasteiger partial charge in [-0.25, -0.2) is 0 Å². The van der Waals surface area contributed by atoms with Gasteiger partial charge in [0.15, 0.2) is 6.73 Å².